The van der Waals surface area contributed by atoms with E-state index in [-0.39, 0.29) is 52.8 Å². The van der Waals surface area contributed by atoms with Gasteiger partial charge in [-0.2, -0.15) is 24.7 Å². The number of hydrogen-bond donors (Lipinski definition) is 4. The first-order valence-electron chi connectivity index (χ1n) is 41.9. The number of aryl methyl sites for hydroxylation is 4. The predicted octanol–water partition coefficient (Wildman–Crippen LogP) is 25.9. The number of sulfone groups is 1. The van der Waals surface area contributed by atoms with Crippen LogP contribution >= 0.6 is 162 Å². The highest BCUT2D eigenvalue weighted by Gasteiger charge is 2.41. The van der Waals surface area contributed by atoms with E-state index in [1.165, 1.54) is 77.9 Å². The van der Waals surface area contributed by atoms with Crippen LogP contribution in [0.15, 0.2) is 181 Å². The highest BCUT2D eigenvalue weighted by Crippen LogP contribution is 2.47. The number of fused-ring (bicyclic) bond motifs is 4. The molecule has 7 aromatic carbocycles. The molecule has 139 heavy (non-hydrogen) atoms. The molecule has 0 spiro atoms. The summed E-state index contributed by atoms with van der Waals surface area (Å²) in [5, 5.41) is 43.1. The number of halogens is 14. The van der Waals surface area contributed by atoms with Gasteiger partial charge in [0, 0.05) is 157 Å². The van der Waals surface area contributed by atoms with Crippen molar-refractivity contribution in [3.63, 3.8) is 0 Å². The Morgan fingerprint density at radius 1 is 0.475 bits per heavy atom. The molecule has 0 aliphatic carbocycles. The molecule has 0 bridgehead atoms. The van der Waals surface area contributed by atoms with Crippen molar-refractivity contribution in [2.75, 3.05) is 51.3 Å². The number of nitrogens with zero attached hydrogens (tertiary/aromatic N) is 13. The molecule has 0 saturated carbocycles. The monoisotopic (exact) mass is 2340 g/mol. The van der Waals surface area contributed by atoms with Gasteiger partial charge in [0.25, 0.3) is 20.0 Å². The largest absolute Gasteiger partial charge is 0.507 e. The van der Waals surface area contributed by atoms with Crippen LogP contribution in [0, 0.1) is 28.7 Å². The zero-order valence-electron chi connectivity index (χ0n) is 74.3. The summed E-state index contributed by atoms with van der Waals surface area (Å²) >= 11 is 55.6. The third-order valence-corrected chi connectivity index (χ3v) is 29.2. The van der Waals surface area contributed by atoms with Gasteiger partial charge in [-0.05, 0) is 156 Å². The molecule has 4 aliphatic rings. The van der Waals surface area contributed by atoms with E-state index in [9.17, 15) is 53.1 Å². The number of phenolic OH excluding ortho intramolecular Hbond substituents is 1. The standard InChI is InChI=1S/C27H26Cl2FN5O4S2.C22H17Cl2FN4O3S2.C14H13ClF2N2O4S2.C14H15ClN2O.C12H12ClN3O.BBr3/c1-27(2,3)12-25(36)35(24-14-40-15-32-24)41(37,38)23-10-19(29)22(11-20(23)30)39-21-6-5-16(28)9-17(21)18-13-33-34-8-4-7-31-26(18)34;23-13-2-3-19(15(6-13)16-9-28-29-5-1-4-26-22(16)29)32-20-8-18(25)21(7-17(20)24)34(30,31)11-14-10-33-12-27-14;1-14(2,3)23-13(20)19(12-6-24-7-18-12)25(21,22)11-4-8(15)9(16)5-10(11)17;1-18-14-6-5-10(15)8-11(14)12-9-16-17-7-3-2-4-13(12)17;13-8-2-3-11(17)9(6-8)10-7-15-16-5-1-4-14-12(10)16;2-1(3)4/h5-6,9-11,13-15,31H,4,7-8,12H2,1-3H3;2-3,6-10,12,26H,1,4-5,11H2;4-7H,1-3H3;5-6,8-9H,2-4,7H2,1H3;2-3,6-7,14,17H,1,4-5H2;. The summed E-state index contributed by atoms with van der Waals surface area (Å²) in [5.41, 5.74) is 10.8. The van der Waals surface area contributed by atoms with E-state index in [0.29, 0.717) is 65.4 Å². The number of benzene rings is 7. The molecule has 0 unspecified atom stereocenters. The first-order chi connectivity index (χ1) is 65.9. The predicted molar refractivity (Wildman–Crippen MR) is 550 cm³/mol. The summed E-state index contributed by atoms with van der Waals surface area (Å²) in [6, 6.07) is 25.4. The number of rotatable bonds is 19. The number of anilines is 5. The van der Waals surface area contributed by atoms with Crippen molar-refractivity contribution in [3.8, 4) is 79.0 Å². The Bertz CT molecular complexity index is 7170. The number of thiazole rings is 3. The van der Waals surface area contributed by atoms with Crippen LogP contribution in [-0.4, -0.2) is 132 Å². The molecular formula is C89H83BBr3Cl7F4N16O13S6. The van der Waals surface area contributed by atoms with Crippen molar-refractivity contribution >= 4 is 237 Å². The van der Waals surface area contributed by atoms with Crippen LogP contribution in [0.2, 0.25) is 35.2 Å². The lowest BCUT2D eigenvalue weighted by molar-refractivity contribution is -0.119. The van der Waals surface area contributed by atoms with Gasteiger partial charge in [-0.25, -0.2) is 76.6 Å². The van der Waals surface area contributed by atoms with Crippen LogP contribution in [0.3, 0.4) is 0 Å². The minimum absolute atomic E-state index is 0.0238. The molecule has 50 heteroatoms. The summed E-state index contributed by atoms with van der Waals surface area (Å²) in [6.45, 7) is 16.0. The van der Waals surface area contributed by atoms with Gasteiger partial charge in [-0.15, -0.1) is 85.6 Å². The second kappa shape index (κ2) is 46.4. The normalized spacial score (nSPS) is 13.2. The van der Waals surface area contributed by atoms with Gasteiger partial charge in [0.2, 0.25) is 5.91 Å². The number of nitrogens with one attached hydrogen (secondary N) is 3. The molecule has 29 nitrogen and oxygen atoms in total. The minimum atomic E-state index is -4.79. The van der Waals surface area contributed by atoms with Crippen LogP contribution in [0.25, 0.3) is 44.5 Å². The lowest BCUT2D eigenvalue weighted by Crippen LogP contribution is -2.41. The molecule has 7 aromatic heterocycles. The first-order valence-corrected chi connectivity index (χ1v) is 54.6. The van der Waals surface area contributed by atoms with Gasteiger partial charge in [-0.3, -0.25) is 9.48 Å². The quantitative estimate of drug-likeness (QED) is 0.0332. The number of methoxy groups -OCH3 is 1. The summed E-state index contributed by atoms with van der Waals surface area (Å²) in [7, 11) is -11.8. The Labute approximate surface area is 869 Å². The van der Waals surface area contributed by atoms with Gasteiger partial charge in [0.05, 0.1) is 74.9 Å². The molecular weight excluding hydrogens is 2270 g/mol. The van der Waals surface area contributed by atoms with Crippen molar-refractivity contribution in [1.29, 1.82) is 0 Å². The van der Waals surface area contributed by atoms with Gasteiger partial charge in [0.15, 0.2) is 21.5 Å². The Morgan fingerprint density at radius 2 is 0.878 bits per heavy atom. The van der Waals surface area contributed by atoms with E-state index < -0.39 is 102 Å². The number of carbonyl (C=O) groups excluding carboxylic acids is 2. The van der Waals surface area contributed by atoms with E-state index in [4.69, 9.17) is 100 Å². The number of carbonyl (C=O) groups is 2. The highest BCUT2D eigenvalue weighted by molar-refractivity contribution is 9.69. The molecule has 0 atom stereocenters. The fourth-order valence-corrected chi connectivity index (χ4v) is 21.9. The number of hydrogen-bond acceptors (Lipinski definition) is 26. The average molecular weight is 2350 g/mol. The smallest absolute Gasteiger partial charge is 0.430 e. The SMILES string of the molecule is BrB(Br)Br.CC(C)(C)CC(=O)N(c1cscn1)S(=O)(=O)c1cc(Cl)c(Oc2ccc(Cl)cc2-c2cnn3c2NCCC3)cc1F.CC(C)(C)OC(=O)N(c1cscn1)S(=O)(=O)c1cc(Cl)c(F)cc1F.COc1ccc(Cl)cc1-c1cnn2c1CCCC2.O=S(=O)(Cc1cscn1)c1cc(Cl)c(Oc2ccc(Cl)cc2-c2cnn3c2NCCC3)cc1F.Oc1ccc(Cl)cc1-c1cnn2c1NCCC2. The lowest BCUT2D eigenvalue weighted by Gasteiger charge is -2.25. The van der Waals surface area contributed by atoms with E-state index in [1.807, 2.05) is 38.4 Å². The maximum atomic E-state index is 15.6. The Kier molecular flexibility index (Phi) is 35.7. The van der Waals surface area contributed by atoms with E-state index in [1.54, 1.807) is 106 Å². The highest BCUT2D eigenvalue weighted by atomic mass is 79.9. The third-order valence-electron chi connectivity index (χ3n) is 20.5. The molecule has 4 aliphatic heterocycles. The number of aromatic nitrogens is 11. The van der Waals surface area contributed by atoms with Crippen LogP contribution in [-0.2, 0) is 77.8 Å². The minimum Gasteiger partial charge on any atom is -0.507 e. The summed E-state index contributed by atoms with van der Waals surface area (Å²) in [5.74, 6) is -2.03. The third kappa shape index (κ3) is 26.6. The van der Waals surface area contributed by atoms with Crippen molar-refractivity contribution in [2.45, 2.75) is 139 Å². The van der Waals surface area contributed by atoms with Gasteiger partial charge < -0.3 is 40.0 Å². The van der Waals surface area contributed by atoms with Crippen LogP contribution in [0.1, 0.15) is 91.5 Å². The van der Waals surface area contributed by atoms with E-state index in [2.05, 4.69) is 103 Å². The molecule has 0 radical (unpaired) electrons. The van der Waals surface area contributed by atoms with Gasteiger partial charge in [-0.1, -0.05) is 102 Å². The average Bonchev–Trinajstić information content (AvgIpc) is 1.66. The van der Waals surface area contributed by atoms with E-state index in [0.717, 1.165) is 174 Å². The summed E-state index contributed by atoms with van der Waals surface area (Å²) < 4.78 is 168. The van der Waals surface area contributed by atoms with Crippen LogP contribution in [0.4, 0.5) is 51.4 Å². The zero-order chi connectivity index (χ0) is 100. The number of sulfonamides is 2. The van der Waals surface area contributed by atoms with Crippen molar-refractivity contribution in [2.24, 2.45) is 5.41 Å². The van der Waals surface area contributed by atoms with Crippen molar-refractivity contribution in [1.82, 2.24) is 54.1 Å². The molecule has 2 amide bonds. The maximum Gasteiger partial charge on any atom is 0.430 e. The second-order valence-electron chi connectivity index (χ2n) is 32.9. The number of ether oxygens (including phenoxy) is 4. The number of phenols is 1. The van der Waals surface area contributed by atoms with Crippen LogP contribution in [0.5, 0.6) is 34.5 Å². The second-order valence-corrected chi connectivity index (χ2v) is 49.9. The first kappa shape index (κ1) is 107. The van der Waals surface area contributed by atoms with Gasteiger partial charge >= 0.3 is 9.28 Å². The Balaban J connectivity index is 0.000000150. The fourth-order valence-electron chi connectivity index (χ4n) is 14.5. The molecule has 14 aromatic rings. The van der Waals surface area contributed by atoms with Crippen LogP contribution < -0.4 is 38.8 Å². The molecule has 11 heterocycles. The Morgan fingerprint density at radius 3 is 1.35 bits per heavy atom. The van der Waals surface area contributed by atoms with Crippen molar-refractivity contribution < 1.29 is 76.5 Å². The van der Waals surface area contributed by atoms with E-state index >= 15 is 4.39 Å². The Hall–Kier alpha value is -9.29. The zero-order valence-corrected chi connectivity index (χ0v) is 89.2. The lowest BCUT2D eigenvalue weighted by atomic mass is 9.92. The molecule has 734 valence electrons. The summed E-state index contributed by atoms with van der Waals surface area (Å²) in [6.07, 6.45) is 12.1. The molecule has 0 fully saturated rings. The number of amides is 2. The molecule has 18 rings (SSSR count). The number of aromatic hydroxyl groups is 1. The molecule has 4 N–H and O–H groups in total. The molecule has 0 saturated heterocycles. The van der Waals surface area contributed by atoms with Gasteiger partial charge in [0.1, 0.15) is 95.5 Å². The fraction of sp³-hybridized carbons (Fsp3) is 0.270. The summed E-state index contributed by atoms with van der Waals surface area (Å²) in [4.78, 5) is 35.0. The van der Waals surface area contributed by atoms with Crippen molar-refractivity contribution in [3.05, 3.63) is 236 Å². The topological polar surface area (TPSA) is 346 Å². The maximum absolute atomic E-state index is 15.6.